The Bertz CT molecular complexity index is 1950. The molecule has 1 unspecified atom stereocenters. The number of rotatable bonds is 1. The van der Waals surface area contributed by atoms with Crippen LogP contribution in [0.1, 0.15) is 17.2 Å². The second kappa shape index (κ2) is 7.31. The lowest BCUT2D eigenvalue weighted by atomic mass is 9.81. The van der Waals surface area contributed by atoms with Crippen LogP contribution < -0.4 is 4.90 Å². The summed E-state index contributed by atoms with van der Waals surface area (Å²) >= 11 is 0. The van der Waals surface area contributed by atoms with E-state index in [1.54, 1.807) is 0 Å². The third-order valence-corrected chi connectivity index (χ3v) is 7.46. The van der Waals surface area contributed by atoms with E-state index in [1.165, 1.54) is 32.7 Å². The molecule has 2 aliphatic rings. The van der Waals surface area contributed by atoms with Crippen molar-refractivity contribution in [2.45, 2.75) is 6.04 Å². The molecule has 0 radical (unpaired) electrons. The van der Waals surface area contributed by atoms with Gasteiger partial charge in [-0.25, -0.2) is 4.98 Å². The SMILES string of the molecule is C1#CC2c3c(c4ccccc4c4ccccc34)-c3cc4ccccc4nc3N2C(c2ccccc2)=C1. The molecule has 0 fully saturated rings. The topological polar surface area (TPSA) is 16.1 Å². The Labute approximate surface area is 209 Å². The number of fused-ring (bicyclic) bond motifs is 12. The van der Waals surface area contributed by atoms with Crippen LogP contribution in [0, 0.1) is 11.8 Å². The number of nitrogens with zero attached hydrogens (tertiary/aromatic N) is 2. The van der Waals surface area contributed by atoms with Gasteiger partial charge in [-0.3, -0.25) is 0 Å². The number of allylic oxidation sites excluding steroid dienone is 1. The van der Waals surface area contributed by atoms with E-state index in [0.717, 1.165) is 33.5 Å². The summed E-state index contributed by atoms with van der Waals surface area (Å²) in [6.45, 7) is 0. The van der Waals surface area contributed by atoms with E-state index in [-0.39, 0.29) is 6.04 Å². The van der Waals surface area contributed by atoms with E-state index in [2.05, 4.69) is 126 Å². The standard InChI is InChI=1S/C34H20N2/c1-2-11-22(12-3-1)30-19-10-20-31-33-27-17-8-6-15-25(27)24-14-5-7-16-26(24)32(33)28-21-23-13-4-9-18-29(23)35-34(28)36(30)31/h1-9,11-19,21,31H. The van der Waals surface area contributed by atoms with Crippen molar-refractivity contribution >= 4 is 44.0 Å². The van der Waals surface area contributed by atoms with Crippen LogP contribution in [0.15, 0.2) is 115 Å². The fraction of sp³-hybridized carbons (Fsp3) is 0.0294. The van der Waals surface area contributed by atoms with Gasteiger partial charge in [0.1, 0.15) is 11.9 Å². The van der Waals surface area contributed by atoms with Crippen molar-refractivity contribution in [1.82, 2.24) is 4.98 Å². The number of para-hydroxylation sites is 1. The first-order chi connectivity index (χ1) is 17.9. The van der Waals surface area contributed by atoms with Crippen LogP contribution in [0.25, 0.3) is 49.3 Å². The number of anilines is 1. The predicted octanol–water partition coefficient (Wildman–Crippen LogP) is 8.13. The molecule has 8 rings (SSSR count). The van der Waals surface area contributed by atoms with Gasteiger partial charge >= 0.3 is 0 Å². The van der Waals surface area contributed by atoms with Crippen molar-refractivity contribution in [3.8, 4) is 23.0 Å². The third-order valence-electron chi connectivity index (χ3n) is 7.46. The smallest absolute Gasteiger partial charge is 0.143 e. The Balaban J connectivity index is 1.57. The lowest BCUT2D eigenvalue weighted by Crippen LogP contribution is -2.32. The zero-order valence-electron chi connectivity index (χ0n) is 19.4. The van der Waals surface area contributed by atoms with Gasteiger partial charge in [0.25, 0.3) is 0 Å². The van der Waals surface area contributed by atoms with Crippen molar-refractivity contribution in [2.75, 3.05) is 4.90 Å². The highest BCUT2D eigenvalue weighted by Gasteiger charge is 2.37. The molecule has 166 valence electrons. The van der Waals surface area contributed by atoms with Gasteiger partial charge in [-0.15, -0.1) is 0 Å². The first kappa shape index (κ1) is 19.4. The molecule has 0 spiro atoms. The Hall–Kier alpha value is -4.87. The highest BCUT2D eigenvalue weighted by molar-refractivity contribution is 6.19. The molecular weight excluding hydrogens is 436 g/mol. The first-order valence-corrected chi connectivity index (χ1v) is 12.3. The molecule has 0 N–H and O–H groups in total. The summed E-state index contributed by atoms with van der Waals surface area (Å²) in [7, 11) is 0. The lowest BCUT2D eigenvalue weighted by molar-refractivity contribution is 0.862. The van der Waals surface area contributed by atoms with Gasteiger partial charge in [-0.2, -0.15) is 0 Å². The van der Waals surface area contributed by atoms with Gasteiger partial charge in [0.2, 0.25) is 0 Å². The van der Waals surface area contributed by atoms with E-state index >= 15 is 0 Å². The molecular formula is C34H20N2. The van der Waals surface area contributed by atoms with E-state index in [0.29, 0.717) is 0 Å². The minimum Gasteiger partial charge on any atom is -0.306 e. The number of benzene rings is 5. The lowest BCUT2D eigenvalue weighted by Gasteiger charge is -2.40. The van der Waals surface area contributed by atoms with E-state index < -0.39 is 0 Å². The minimum absolute atomic E-state index is 0.129. The molecule has 0 aliphatic carbocycles. The van der Waals surface area contributed by atoms with Crippen molar-refractivity contribution in [2.24, 2.45) is 0 Å². The normalized spacial score (nSPS) is 15.6. The number of pyridine rings is 1. The molecule has 2 aliphatic heterocycles. The van der Waals surface area contributed by atoms with Gasteiger partial charge in [0.05, 0.1) is 11.2 Å². The molecule has 0 amide bonds. The summed E-state index contributed by atoms with van der Waals surface area (Å²) in [6, 6.07) is 38.6. The second-order valence-electron chi connectivity index (χ2n) is 9.39. The van der Waals surface area contributed by atoms with Crippen LogP contribution in [-0.2, 0) is 0 Å². The highest BCUT2D eigenvalue weighted by Crippen LogP contribution is 2.53. The molecule has 5 aromatic carbocycles. The summed E-state index contributed by atoms with van der Waals surface area (Å²) in [5.41, 5.74) is 6.91. The van der Waals surface area contributed by atoms with E-state index in [4.69, 9.17) is 4.98 Å². The Morgan fingerprint density at radius 2 is 1.33 bits per heavy atom. The van der Waals surface area contributed by atoms with E-state index in [1.807, 2.05) is 6.08 Å². The number of aromatic nitrogens is 1. The van der Waals surface area contributed by atoms with Crippen LogP contribution in [0.4, 0.5) is 5.82 Å². The molecule has 0 saturated carbocycles. The predicted molar refractivity (Wildman–Crippen MR) is 150 cm³/mol. The average molecular weight is 457 g/mol. The average Bonchev–Trinajstić information content (AvgIpc) is 2.96. The maximum atomic E-state index is 5.28. The van der Waals surface area contributed by atoms with Crippen LogP contribution in [0.3, 0.4) is 0 Å². The summed E-state index contributed by atoms with van der Waals surface area (Å²) in [5, 5.41) is 6.18. The third kappa shape index (κ3) is 2.60. The van der Waals surface area contributed by atoms with Gasteiger partial charge in [-0.05, 0) is 39.2 Å². The number of hydrogen-bond acceptors (Lipinski definition) is 2. The molecule has 1 aromatic heterocycles. The highest BCUT2D eigenvalue weighted by atomic mass is 15.2. The summed E-state index contributed by atoms with van der Waals surface area (Å²) in [5.74, 6) is 7.92. The molecule has 2 nitrogen and oxygen atoms in total. The van der Waals surface area contributed by atoms with Crippen molar-refractivity contribution < 1.29 is 0 Å². The zero-order chi connectivity index (χ0) is 23.6. The van der Waals surface area contributed by atoms with Gasteiger partial charge < -0.3 is 4.90 Å². The molecule has 2 heteroatoms. The second-order valence-corrected chi connectivity index (χ2v) is 9.39. The number of hydrogen-bond donors (Lipinski definition) is 0. The quantitative estimate of drug-likeness (QED) is 0.183. The summed E-state index contributed by atoms with van der Waals surface area (Å²) in [4.78, 5) is 7.64. The molecule has 3 heterocycles. The van der Waals surface area contributed by atoms with Crippen LogP contribution in [0.5, 0.6) is 0 Å². The van der Waals surface area contributed by atoms with Crippen LogP contribution >= 0.6 is 0 Å². The first-order valence-electron chi connectivity index (χ1n) is 12.3. The largest absolute Gasteiger partial charge is 0.306 e. The zero-order valence-corrected chi connectivity index (χ0v) is 19.4. The molecule has 1 atom stereocenters. The molecule has 0 bridgehead atoms. The summed E-state index contributed by atoms with van der Waals surface area (Å²) < 4.78 is 0. The van der Waals surface area contributed by atoms with Crippen molar-refractivity contribution in [3.05, 3.63) is 126 Å². The van der Waals surface area contributed by atoms with Gasteiger partial charge in [-0.1, -0.05) is 109 Å². The van der Waals surface area contributed by atoms with Crippen LogP contribution in [-0.4, -0.2) is 4.98 Å². The summed E-state index contributed by atoms with van der Waals surface area (Å²) in [6.07, 6.45) is 2.04. The van der Waals surface area contributed by atoms with Crippen molar-refractivity contribution in [1.29, 1.82) is 0 Å². The molecule has 6 aromatic rings. The fourth-order valence-corrected chi connectivity index (χ4v) is 5.95. The Morgan fingerprint density at radius 1 is 0.667 bits per heavy atom. The molecule has 36 heavy (non-hydrogen) atoms. The molecule has 0 saturated heterocycles. The van der Waals surface area contributed by atoms with Crippen LogP contribution in [0.2, 0.25) is 0 Å². The fourth-order valence-electron chi connectivity index (χ4n) is 5.95. The minimum atomic E-state index is -0.129. The van der Waals surface area contributed by atoms with Gasteiger partial charge in [0, 0.05) is 28.2 Å². The van der Waals surface area contributed by atoms with E-state index in [9.17, 15) is 0 Å². The maximum absolute atomic E-state index is 5.28. The monoisotopic (exact) mass is 456 g/mol. The Kier molecular flexibility index (Phi) is 3.95. The van der Waals surface area contributed by atoms with Crippen molar-refractivity contribution in [3.63, 3.8) is 0 Å². The maximum Gasteiger partial charge on any atom is 0.143 e. The Morgan fingerprint density at radius 3 is 2.17 bits per heavy atom. The van der Waals surface area contributed by atoms with Gasteiger partial charge in [0.15, 0.2) is 0 Å².